The van der Waals surface area contributed by atoms with E-state index in [1.165, 1.54) is 0 Å². The molecule has 1 atom stereocenters. The fourth-order valence-corrected chi connectivity index (χ4v) is 2.39. The van der Waals surface area contributed by atoms with Crippen molar-refractivity contribution < 1.29 is 14.6 Å². The Kier molecular flexibility index (Phi) is 3.28. The van der Waals surface area contributed by atoms with Crippen LogP contribution in [0.3, 0.4) is 0 Å². The molecular formula is C17H16O3. The number of fused-ring (bicyclic) bond motifs is 1. The summed E-state index contributed by atoms with van der Waals surface area (Å²) in [6.45, 7) is 2.10. The fourth-order valence-electron chi connectivity index (χ4n) is 2.39. The Bertz CT molecular complexity index is 647. The Hall–Kier alpha value is -2.13. The molecule has 2 aromatic carbocycles. The van der Waals surface area contributed by atoms with E-state index >= 15 is 0 Å². The zero-order chi connectivity index (χ0) is 14.1. The lowest BCUT2D eigenvalue weighted by atomic mass is 9.98. The van der Waals surface area contributed by atoms with Crippen molar-refractivity contribution in [1.29, 1.82) is 0 Å². The zero-order valence-electron chi connectivity index (χ0n) is 11.3. The third-order valence-corrected chi connectivity index (χ3v) is 3.50. The molecule has 1 heterocycles. The third-order valence-electron chi connectivity index (χ3n) is 3.50. The van der Waals surface area contributed by atoms with Crippen molar-refractivity contribution in [2.75, 3.05) is 0 Å². The Labute approximate surface area is 117 Å². The van der Waals surface area contributed by atoms with Crippen LogP contribution in [0.5, 0.6) is 11.5 Å². The molecular weight excluding hydrogens is 252 g/mol. The summed E-state index contributed by atoms with van der Waals surface area (Å²) in [4.78, 5) is 12.3. The molecule has 3 rings (SSSR count). The maximum atomic E-state index is 12.3. The Morgan fingerprint density at radius 1 is 1.15 bits per heavy atom. The molecule has 20 heavy (non-hydrogen) atoms. The second kappa shape index (κ2) is 5.10. The van der Waals surface area contributed by atoms with Crippen LogP contribution in [0, 0.1) is 0 Å². The highest BCUT2D eigenvalue weighted by Gasteiger charge is 2.33. The summed E-state index contributed by atoms with van der Waals surface area (Å²) in [6.07, 6.45) is 0.842. The summed E-state index contributed by atoms with van der Waals surface area (Å²) in [5.74, 6) is 1.14. The largest absolute Gasteiger partial charge is 0.448 e. The predicted molar refractivity (Wildman–Crippen MR) is 76.2 cm³/mol. The van der Waals surface area contributed by atoms with E-state index in [2.05, 4.69) is 6.92 Å². The zero-order valence-corrected chi connectivity index (χ0v) is 11.3. The molecule has 1 unspecified atom stereocenters. The van der Waals surface area contributed by atoms with Gasteiger partial charge in [0.05, 0.1) is 5.56 Å². The molecule has 0 saturated carbocycles. The average Bonchev–Trinajstić information content (AvgIpc) is 3.28. The monoisotopic (exact) mass is 268 g/mol. The molecule has 1 N–H and O–H groups in total. The minimum atomic E-state index is -1.14. The van der Waals surface area contributed by atoms with Gasteiger partial charge in [0.25, 0.3) is 0 Å². The second-order valence-corrected chi connectivity index (χ2v) is 4.96. The molecule has 0 fully saturated rings. The van der Waals surface area contributed by atoms with E-state index in [-0.39, 0.29) is 5.78 Å². The number of carbonyl (C=O) groups is 1. The molecule has 1 aliphatic rings. The molecule has 2 aromatic rings. The van der Waals surface area contributed by atoms with E-state index in [1.54, 1.807) is 30.3 Å². The lowest BCUT2D eigenvalue weighted by molar-refractivity contribution is 0.0747. The molecule has 0 amide bonds. The molecule has 0 saturated heterocycles. The first kappa shape index (κ1) is 12.9. The molecule has 0 spiro atoms. The highest BCUT2D eigenvalue weighted by atomic mass is 16.6. The van der Waals surface area contributed by atoms with Gasteiger partial charge in [0, 0.05) is 0 Å². The van der Waals surface area contributed by atoms with E-state index in [0.29, 0.717) is 16.9 Å². The van der Waals surface area contributed by atoms with Crippen LogP contribution in [-0.2, 0) is 6.42 Å². The second-order valence-electron chi connectivity index (χ2n) is 4.96. The quantitative estimate of drug-likeness (QED) is 0.567. The first-order chi connectivity index (χ1) is 9.72. The maximum absolute atomic E-state index is 12.3. The minimum absolute atomic E-state index is 0.312. The Balaban J connectivity index is 1.86. The summed E-state index contributed by atoms with van der Waals surface area (Å²) in [5, 5.41) is 10.2. The number of hydrogen-bond acceptors (Lipinski definition) is 3. The smallest absolute Gasteiger partial charge is 0.199 e. The van der Waals surface area contributed by atoms with Crippen molar-refractivity contribution in [3.63, 3.8) is 0 Å². The molecule has 0 aliphatic carbocycles. The van der Waals surface area contributed by atoms with Crippen LogP contribution in [0.1, 0.15) is 40.9 Å². The van der Waals surface area contributed by atoms with Crippen molar-refractivity contribution in [2.45, 2.75) is 25.9 Å². The minimum Gasteiger partial charge on any atom is -0.448 e. The van der Waals surface area contributed by atoms with Crippen molar-refractivity contribution in [1.82, 2.24) is 0 Å². The van der Waals surface area contributed by atoms with Crippen LogP contribution in [0.2, 0.25) is 0 Å². The third kappa shape index (κ3) is 2.21. The van der Waals surface area contributed by atoms with Crippen molar-refractivity contribution >= 4 is 5.78 Å². The molecule has 3 heteroatoms. The van der Waals surface area contributed by atoms with E-state index in [4.69, 9.17) is 4.74 Å². The van der Waals surface area contributed by atoms with Crippen LogP contribution >= 0.6 is 0 Å². The molecule has 0 radical (unpaired) electrons. The maximum Gasteiger partial charge on any atom is 0.199 e. The van der Waals surface area contributed by atoms with Crippen LogP contribution in [0.4, 0.5) is 0 Å². The Morgan fingerprint density at radius 3 is 2.60 bits per heavy atom. The van der Waals surface area contributed by atoms with Gasteiger partial charge in [0.15, 0.2) is 17.3 Å². The Morgan fingerprint density at radius 2 is 1.90 bits per heavy atom. The first-order valence-corrected chi connectivity index (χ1v) is 6.83. The standard InChI is InChI=1S/C17H16O3/c1-2-6-12-9-10-13(17-16(12)20-17)15(19)14(18)11-7-4-3-5-8-11/h3-5,7-10,14,18H,2,6H2,1H3. The number of hydrogen-bond donors (Lipinski definition) is 1. The number of carbonyl (C=O) groups excluding carboxylic acids is 1. The summed E-state index contributed by atoms with van der Waals surface area (Å²) < 4.78 is 5.43. The van der Waals surface area contributed by atoms with Gasteiger partial charge in [-0.05, 0) is 23.6 Å². The highest BCUT2D eigenvalue weighted by Crippen LogP contribution is 2.52. The van der Waals surface area contributed by atoms with Crippen LogP contribution in [0.25, 0.3) is 0 Å². The van der Waals surface area contributed by atoms with Crippen molar-refractivity contribution in [2.24, 2.45) is 0 Å². The number of ketones is 1. The normalized spacial score (nSPS) is 13.3. The van der Waals surface area contributed by atoms with Crippen LogP contribution < -0.4 is 4.74 Å². The number of rotatable bonds is 5. The fraction of sp³-hybridized carbons (Fsp3) is 0.235. The van der Waals surface area contributed by atoms with Gasteiger partial charge >= 0.3 is 0 Å². The van der Waals surface area contributed by atoms with Crippen LogP contribution in [-0.4, -0.2) is 10.9 Å². The first-order valence-electron chi connectivity index (χ1n) is 6.83. The van der Waals surface area contributed by atoms with E-state index in [9.17, 15) is 9.90 Å². The average molecular weight is 268 g/mol. The number of aryl methyl sites for hydroxylation is 1. The number of benzene rings is 2. The van der Waals surface area contributed by atoms with Gasteiger partial charge in [-0.2, -0.15) is 0 Å². The van der Waals surface area contributed by atoms with E-state index in [0.717, 1.165) is 24.2 Å². The summed E-state index contributed by atoms with van der Waals surface area (Å²) in [6, 6.07) is 12.6. The van der Waals surface area contributed by atoms with Gasteiger partial charge in [0.2, 0.25) is 0 Å². The molecule has 3 nitrogen and oxygen atoms in total. The molecule has 0 bridgehead atoms. The summed E-state index contributed by atoms with van der Waals surface area (Å²) >= 11 is 0. The summed E-state index contributed by atoms with van der Waals surface area (Å²) in [5.41, 5.74) is 2.20. The van der Waals surface area contributed by atoms with Gasteiger partial charge in [-0.25, -0.2) is 0 Å². The highest BCUT2D eigenvalue weighted by molar-refractivity contribution is 6.04. The lowest BCUT2D eigenvalue weighted by Crippen LogP contribution is -2.11. The SMILES string of the molecule is CCCc1ccc(C(=O)C(O)c2ccccc2)c2c1O2. The predicted octanol–water partition coefficient (Wildman–Crippen LogP) is 3.66. The van der Waals surface area contributed by atoms with Crippen LogP contribution in [0.15, 0.2) is 42.5 Å². The van der Waals surface area contributed by atoms with Gasteiger partial charge in [0.1, 0.15) is 6.10 Å². The van der Waals surface area contributed by atoms with Gasteiger partial charge in [-0.3, -0.25) is 4.79 Å². The number of Topliss-reactive ketones (excluding diaryl/α,β-unsaturated/α-hetero) is 1. The molecule has 1 aliphatic heterocycles. The topological polar surface area (TPSA) is 49.8 Å². The number of aliphatic hydroxyl groups is 1. The van der Waals surface area contributed by atoms with E-state index in [1.807, 2.05) is 12.1 Å². The number of ether oxygens (including phenoxy) is 1. The van der Waals surface area contributed by atoms with Gasteiger partial charge in [-0.1, -0.05) is 49.7 Å². The molecule has 102 valence electrons. The van der Waals surface area contributed by atoms with Gasteiger partial charge in [-0.15, -0.1) is 0 Å². The van der Waals surface area contributed by atoms with E-state index < -0.39 is 6.10 Å². The van der Waals surface area contributed by atoms with Gasteiger partial charge < -0.3 is 9.84 Å². The summed E-state index contributed by atoms with van der Waals surface area (Å²) in [7, 11) is 0. The lowest BCUT2D eigenvalue weighted by Gasteiger charge is -2.08. The number of aliphatic hydroxyl groups excluding tert-OH is 1. The molecule has 0 aromatic heterocycles. The van der Waals surface area contributed by atoms with Crippen molar-refractivity contribution in [3.05, 3.63) is 59.2 Å². The van der Waals surface area contributed by atoms with Crippen molar-refractivity contribution in [3.8, 4) is 11.5 Å².